The van der Waals surface area contributed by atoms with Crippen molar-refractivity contribution in [2.75, 3.05) is 20.8 Å². The zero-order valence-electron chi connectivity index (χ0n) is 12.2. The number of rotatable bonds is 7. The predicted octanol–water partition coefficient (Wildman–Crippen LogP) is 2.17. The van der Waals surface area contributed by atoms with Gasteiger partial charge in [-0.3, -0.25) is 4.79 Å². The molecule has 0 saturated carbocycles. The Balaban J connectivity index is 2.60. The van der Waals surface area contributed by atoms with Crippen LogP contribution in [0.1, 0.15) is 25.8 Å². The molecule has 4 heteroatoms. The van der Waals surface area contributed by atoms with Gasteiger partial charge in [-0.05, 0) is 32.0 Å². The maximum absolute atomic E-state index is 11.7. The number of methoxy groups -OCH3 is 1. The molecular formula is C15H23NO3. The molecule has 0 aromatic heterocycles. The Morgan fingerprint density at radius 3 is 2.63 bits per heavy atom. The first kappa shape index (κ1) is 15.5. The van der Waals surface area contributed by atoms with E-state index in [9.17, 15) is 4.79 Å². The highest BCUT2D eigenvalue weighted by atomic mass is 16.5. The number of hydrogen-bond acceptors (Lipinski definition) is 4. The molecule has 0 saturated heterocycles. The van der Waals surface area contributed by atoms with Crippen LogP contribution in [0.25, 0.3) is 0 Å². The van der Waals surface area contributed by atoms with Gasteiger partial charge in [-0.15, -0.1) is 0 Å². The molecule has 0 heterocycles. The maximum atomic E-state index is 11.7. The second-order valence-corrected chi connectivity index (χ2v) is 4.63. The predicted molar refractivity (Wildman–Crippen MR) is 75.4 cm³/mol. The quantitative estimate of drug-likeness (QED) is 0.768. The van der Waals surface area contributed by atoms with E-state index in [0.29, 0.717) is 13.0 Å². The average Bonchev–Trinajstić information content (AvgIpc) is 2.46. The van der Waals surface area contributed by atoms with E-state index >= 15 is 0 Å². The SMILES string of the molecule is CCc1ccccc1OCCC(C)(NC)C(=O)OC. The summed E-state index contributed by atoms with van der Waals surface area (Å²) in [6, 6.07) is 7.95. The van der Waals surface area contributed by atoms with Crippen molar-refractivity contribution in [2.24, 2.45) is 0 Å². The van der Waals surface area contributed by atoms with Gasteiger partial charge in [-0.2, -0.15) is 0 Å². The number of carbonyl (C=O) groups is 1. The van der Waals surface area contributed by atoms with Crippen LogP contribution in [0, 0.1) is 0 Å². The van der Waals surface area contributed by atoms with Gasteiger partial charge >= 0.3 is 5.97 Å². The fourth-order valence-electron chi connectivity index (χ4n) is 1.86. The van der Waals surface area contributed by atoms with Gasteiger partial charge in [-0.1, -0.05) is 25.1 Å². The number of ether oxygens (including phenoxy) is 2. The van der Waals surface area contributed by atoms with Crippen LogP contribution >= 0.6 is 0 Å². The van der Waals surface area contributed by atoms with Gasteiger partial charge in [0.25, 0.3) is 0 Å². The second-order valence-electron chi connectivity index (χ2n) is 4.63. The molecule has 19 heavy (non-hydrogen) atoms. The van der Waals surface area contributed by atoms with E-state index in [0.717, 1.165) is 12.2 Å². The maximum Gasteiger partial charge on any atom is 0.325 e. The second kappa shape index (κ2) is 7.14. The first-order valence-electron chi connectivity index (χ1n) is 6.55. The van der Waals surface area contributed by atoms with E-state index in [2.05, 4.69) is 12.2 Å². The molecule has 0 radical (unpaired) electrons. The molecule has 0 bridgehead atoms. The van der Waals surface area contributed by atoms with E-state index in [-0.39, 0.29) is 5.97 Å². The van der Waals surface area contributed by atoms with Crippen LogP contribution < -0.4 is 10.1 Å². The fraction of sp³-hybridized carbons (Fsp3) is 0.533. The summed E-state index contributed by atoms with van der Waals surface area (Å²) in [6.07, 6.45) is 1.48. The van der Waals surface area contributed by atoms with E-state index in [1.54, 1.807) is 7.05 Å². The molecule has 106 valence electrons. The van der Waals surface area contributed by atoms with E-state index in [4.69, 9.17) is 9.47 Å². The normalized spacial score (nSPS) is 13.7. The van der Waals surface area contributed by atoms with Gasteiger partial charge in [0, 0.05) is 6.42 Å². The molecule has 1 aromatic rings. The monoisotopic (exact) mass is 265 g/mol. The highest BCUT2D eigenvalue weighted by Gasteiger charge is 2.32. The van der Waals surface area contributed by atoms with Crippen LogP contribution in [0.5, 0.6) is 5.75 Å². The molecule has 1 atom stereocenters. The molecule has 0 aliphatic rings. The smallest absolute Gasteiger partial charge is 0.325 e. The molecule has 1 unspecified atom stereocenters. The lowest BCUT2D eigenvalue weighted by Gasteiger charge is -2.26. The molecule has 0 aliphatic heterocycles. The summed E-state index contributed by atoms with van der Waals surface area (Å²) in [4.78, 5) is 11.7. The van der Waals surface area contributed by atoms with Crippen molar-refractivity contribution in [1.82, 2.24) is 5.32 Å². The zero-order chi connectivity index (χ0) is 14.3. The lowest BCUT2D eigenvalue weighted by Crippen LogP contribution is -2.49. The van der Waals surface area contributed by atoms with Crippen molar-refractivity contribution >= 4 is 5.97 Å². The largest absolute Gasteiger partial charge is 0.493 e. The molecule has 0 aliphatic carbocycles. The van der Waals surface area contributed by atoms with Crippen molar-refractivity contribution in [3.8, 4) is 5.75 Å². The number of aryl methyl sites for hydroxylation is 1. The molecule has 1 rings (SSSR count). The third-order valence-corrected chi connectivity index (χ3v) is 3.40. The van der Waals surface area contributed by atoms with E-state index < -0.39 is 5.54 Å². The van der Waals surface area contributed by atoms with Crippen LogP contribution in [0.4, 0.5) is 0 Å². The Hall–Kier alpha value is -1.55. The molecule has 0 spiro atoms. The Bertz CT molecular complexity index is 420. The zero-order valence-corrected chi connectivity index (χ0v) is 12.2. The summed E-state index contributed by atoms with van der Waals surface area (Å²) < 4.78 is 10.6. The molecule has 0 amide bonds. The standard InChI is InChI=1S/C15H23NO3/c1-5-12-8-6-7-9-13(12)19-11-10-15(2,16-3)14(17)18-4/h6-9,16H,5,10-11H2,1-4H3. The van der Waals surface area contributed by atoms with Crippen molar-refractivity contribution in [3.05, 3.63) is 29.8 Å². The molecule has 4 nitrogen and oxygen atoms in total. The van der Waals surface area contributed by atoms with Crippen LogP contribution in [0.3, 0.4) is 0 Å². The van der Waals surface area contributed by atoms with Gasteiger partial charge in [-0.25, -0.2) is 0 Å². The summed E-state index contributed by atoms with van der Waals surface area (Å²) in [5, 5.41) is 2.99. The Morgan fingerprint density at radius 2 is 2.05 bits per heavy atom. The topological polar surface area (TPSA) is 47.6 Å². The van der Waals surface area contributed by atoms with Crippen molar-refractivity contribution < 1.29 is 14.3 Å². The van der Waals surface area contributed by atoms with E-state index in [1.807, 2.05) is 31.2 Å². The summed E-state index contributed by atoms with van der Waals surface area (Å²) in [6.45, 7) is 4.37. The summed E-state index contributed by atoms with van der Waals surface area (Å²) in [5.41, 5.74) is 0.461. The third-order valence-electron chi connectivity index (χ3n) is 3.40. The number of nitrogens with one attached hydrogen (secondary N) is 1. The van der Waals surface area contributed by atoms with Gasteiger partial charge < -0.3 is 14.8 Å². The number of carbonyl (C=O) groups excluding carboxylic acids is 1. The average molecular weight is 265 g/mol. The molecule has 0 fully saturated rings. The van der Waals surface area contributed by atoms with Crippen molar-refractivity contribution in [3.63, 3.8) is 0 Å². The minimum atomic E-state index is -0.712. The number of benzene rings is 1. The minimum Gasteiger partial charge on any atom is -0.493 e. The van der Waals surface area contributed by atoms with Crippen LogP contribution in [0.15, 0.2) is 24.3 Å². The number of hydrogen-bond donors (Lipinski definition) is 1. The molecule has 1 aromatic carbocycles. The lowest BCUT2D eigenvalue weighted by atomic mass is 9.99. The lowest BCUT2D eigenvalue weighted by molar-refractivity contribution is -0.148. The molecule has 1 N–H and O–H groups in total. The number of esters is 1. The number of likely N-dealkylation sites (N-methyl/N-ethyl adjacent to an activating group) is 1. The van der Waals surface area contributed by atoms with Crippen LogP contribution in [-0.4, -0.2) is 32.3 Å². The molecular weight excluding hydrogens is 242 g/mol. The fourth-order valence-corrected chi connectivity index (χ4v) is 1.86. The van der Waals surface area contributed by atoms with Gasteiger partial charge in [0.15, 0.2) is 0 Å². The van der Waals surface area contributed by atoms with Crippen LogP contribution in [-0.2, 0) is 16.0 Å². The van der Waals surface area contributed by atoms with E-state index in [1.165, 1.54) is 12.7 Å². The third kappa shape index (κ3) is 3.96. The summed E-state index contributed by atoms with van der Waals surface area (Å²) >= 11 is 0. The number of para-hydroxylation sites is 1. The highest BCUT2D eigenvalue weighted by Crippen LogP contribution is 2.20. The van der Waals surface area contributed by atoms with Crippen molar-refractivity contribution in [1.29, 1.82) is 0 Å². The first-order valence-corrected chi connectivity index (χ1v) is 6.55. The highest BCUT2D eigenvalue weighted by molar-refractivity contribution is 5.80. The van der Waals surface area contributed by atoms with Gasteiger partial charge in [0.2, 0.25) is 0 Å². The Morgan fingerprint density at radius 1 is 1.37 bits per heavy atom. The summed E-state index contributed by atoms with van der Waals surface area (Å²) in [7, 11) is 3.14. The van der Waals surface area contributed by atoms with Gasteiger partial charge in [0.1, 0.15) is 11.3 Å². The first-order chi connectivity index (χ1) is 9.07. The van der Waals surface area contributed by atoms with Gasteiger partial charge in [0.05, 0.1) is 13.7 Å². The Labute approximate surface area is 115 Å². The van der Waals surface area contributed by atoms with Crippen molar-refractivity contribution in [2.45, 2.75) is 32.2 Å². The van der Waals surface area contributed by atoms with Crippen LogP contribution in [0.2, 0.25) is 0 Å². The minimum absolute atomic E-state index is 0.276. The summed E-state index contributed by atoms with van der Waals surface area (Å²) in [5.74, 6) is 0.607. The Kier molecular flexibility index (Phi) is 5.83.